The van der Waals surface area contributed by atoms with Gasteiger partial charge in [0.15, 0.2) is 0 Å². The number of rotatable bonds is 10. The van der Waals surface area contributed by atoms with Gasteiger partial charge >= 0.3 is 0 Å². The Morgan fingerprint density at radius 1 is 0.256 bits per heavy atom. The fourth-order valence-electron chi connectivity index (χ4n) is 15.3. The third kappa shape index (κ3) is 7.20. The summed E-state index contributed by atoms with van der Waals surface area (Å²) in [5.74, 6) is 0. The smallest absolute Gasteiger partial charge is 0.0734 e. The number of aromatic nitrogens is 1. The molecule has 14 aromatic carbocycles. The Kier molecular flexibility index (Phi) is 11.4. The van der Waals surface area contributed by atoms with Crippen LogP contribution in [-0.4, -0.2) is 4.57 Å². The number of fused-ring (bicyclic) bond motifs is 10. The predicted molar refractivity (Wildman–Crippen MR) is 358 cm³/mol. The molecule has 2 nitrogen and oxygen atoms in total. The largest absolute Gasteiger partial charge is 0.309 e. The molecule has 0 N–H and O–H groups in total. The highest BCUT2D eigenvalue weighted by molar-refractivity contribution is 6.11. The van der Waals surface area contributed by atoms with Crippen molar-refractivity contribution >= 4 is 49.6 Å². The molecule has 0 unspecified atom stereocenters. The van der Waals surface area contributed by atoms with Crippen LogP contribution in [0.4, 0.5) is 17.1 Å². The fraction of sp³-hybridized carbons (Fsp3) is 0.0238. The van der Waals surface area contributed by atoms with Crippen LogP contribution in [0.5, 0.6) is 0 Å². The number of benzene rings is 14. The summed E-state index contributed by atoms with van der Waals surface area (Å²) in [5, 5.41) is 4.79. The summed E-state index contributed by atoms with van der Waals surface area (Å²) in [7, 11) is 0. The van der Waals surface area contributed by atoms with Crippen LogP contribution in [0.1, 0.15) is 44.5 Å². The molecule has 0 bridgehead atoms. The molecule has 0 radical (unpaired) electrons. The van der Waals surface area contributed by atoms with E-state index in [-0.39, 0.29) is 0 Å². The van der Waals surface area contributed by atoms with Gasteiger partial charge in [0, 0.05) is 33.0 Å². The van der Waals surface area contributed by atoms with Gasteiger partial charge in [-0.15, -0.1) is 0 Å². The number of hydrogen-bond donors (Lipinski definition) is 0. The molecule has 2 aliphatic rings. The van der Waals surface area contributed by atoms with Crippen molar-refractivity contribution in [2.24, 2.45) is 0 Å². The van der Waals surface area contributed by atoms with E-state index in [2.05, 4.69) is 349 Å². The highest BCUT2D eigenvalue weighted by Crippen LogP contribution is 2.60. The first-order valence-corrected chi connectivity index (χ1v) is 29.9. The van der Waals surface area contributed by atoms with E-state index >= 15 is 0 Å². The maximum atomic E-state index is 2.56. The van der Waals surface area contributed by atoms with Gasteiger partial charge in [0.25, 0.3) is 0 Å². The van der Waals surface area contributed by atoms with Gasteiger partial charge in [-0.1, -0.05) is 297 Å². The Hall–Kier alpha value is -11.1. The minimum absolute atomic E-state index is 0.573. The van der Waals surface area contributed by atoms with Gasteiger partial charge < -0.3 is 9.47 Å². The molecule has 2 aliphatic carbocycles. The number of anilines is 3. The van der Waals surface area contributed by atoms with E-state index in [4.69, 9.17) is 0 Å². The summed E-state index contributed by atoms with van der Waals surface area (Å²) in [5.41, 5.74) is 25.3. The van der Waals surface area contributed by atoms with E-state index in [1.165, 1.54) is 99.5 Å². The lowest BCUT2D eigenvalue weighted by Gasteiger charge is -2.35. The van der Waals surface area contributed by atoms with Crippen LogP contribution in [0.3, 0.4) is 0 Å². The van der Waals surface area contributed by atoms with Gasteiger partial charge in [-0.3, -0.25) is 0 Å². The van der Waals surface area contributed by atoms with Gasteiger partial charge in [-0.05, 0) is 126 Å². The van der Waals surface area contributed by atoms with Crippen molar-refractivity contribution in [3.63, 3.8) is 0 Å². The first-order valence-electron chi connectivity index (χ1n) is 29.9. The highest BCUT2D eigenvalue weighted by atomic mass is 15.1. The van der Waals surface area contributed by atoms with Crippen LogP contribution in [0.2, 0.25) is 0 Å². The van der Waals surface area contributed by atoms with E-state index in [9.17, 15) is 0 Å². The zero-order chi connectivity index (χ0) is 56.8. The lowest BCUT2D eigenvalue weighted by atomic mass is 9.67. The lowest BCUT2D eigenvalue weighted by Crippen LogP contribution is -2.29. The van der Waals surface area contributed by atoms with E-state index in [0.29, 0.717) is 0 Å². The molecule has 402 valence electrons. The molecule has 0 atom stereocenters. The Balaban J connectivity index is 0.890. The Bertz CT molecular complexity index is 5030. The molecule has 0 fully saturated rings. The molecular weight excluding hydrogens is 1040 g/mol. The van der Waals surface area contributed by atoms with Crippen molar-refractivity contribution in [2.45, 2.75) is 10.8 Å². The van der Waals surface area contributed by atoms with Crippen LogP contribution in [0.15, 0.2) is 340 Å². The Morgan fingerprint density at radius 2 is 0.721 bits per heavy atom. The molecular formula is C84H56N2. The first-order chi connectivity index (χ1) is 42.7. The normalized spacial score (nSPS) is 13.3. The summed E-state index contributed by atoms with van der Waals surface area (Å²) < 4.78 is 2.56. The van der Waals surface area contributed by atoms with Gasteiger partial charge in [-0.2, -0.15) is 0 Å². The molecule has 86 heavy (non-hydrogen) atoms. The third-order valence-electron chi connectivity index (χ3n) is 18.7. The molecule has 0 saturated heterocycles. The lowest BCUT2D eigenvalue weighted by molar-refractivity contribution is 0.762. The number of para-hydroxylation sites is 2. The van der Waals surface area contributed by atoms with Crippen molar-refractivity contribution < 1.29 is 0 Å². The zero-order valence-corrected chi connectivity index (χ0v) is 47.2. The quantitative estimate of drug-likeness (QED) is 0.132. The molecule has 1 heterocycles. The second kappa shape index (κ2) is 19.8. The van der Waals surface area contributed by atoms with Gasteiger partial charge in [-0.25, -0.2) is 0 Å². The summed E-state index contributed by atoms with van der Waals surface area (Å²) >= 11 is 0. The van der Waals surface area contributed by atoms with Gasteiger partial charge in [0.2, 0.25) is 0 Å². The van der Waals surface area contributed by atoms with Crippen molar-refractivity contribution in [1.82, 2.24) is 4.57 Å². The standard InChI is InChI=1S/C84H56N2/c1-5-29-59(30-6-1)83(60-31-7-2-8-32-60)74-45-21-17-40-67(74)69-54-52-63(56-76(69)83)85(77-49-25-28-57-27-13-14-38-65(57)77)78-47-23-19-42-70(78)66-39-16-15-37-64(66)58-51-53-72-71-43-20-24-48-79(71)86(81(72)55-58)80-50-26-44-73-68-41-18-22-46-75(68)84(82(73)80,61-33-9-3-10-34-61)62-35-11-4-12-36-62/h1-56H. The predicted octanol–water partition coefficient (Wildman–Crippen LogP) is 21.5. The van der Waals surface area contributed by atoms with E-state index < -0.39 is 10.8 Å². The maximum absolute atomic E-state index is 2.56. The first kappa shape index (κ1) is 49.5. The molecule has 17 rings (SSSR count). The summed E-state index contributed by atoms with van der Waals surface area (Å²) in [6.45, 7) is 0. The second-order valence-electron chi connectivity index (χ2n) is 23.0. The van der Waals surface area contributed by atoms with Gasteiger partial charge in [0.1, 0.15) is 0 Å². The number of nitrogens with zero attached hydrogens (tertiary/aromatic N) is 2. The zero-order valence-electron chi connectivity index (χ0n) is 47.2. The van der Waals surface area contributed by atoms with E-state index in [1.54, 1.807) is 0 Å². The monoisotopic (exact) mass is 1090 g/mol. The van der Waals surface area contributed by atoms with Crippen molar-refractivity contribution in [3.8, 4) is 50.2 Å². The number of hydrogen-bond acceptors (Lipinski definition) is 1. The SMILES string of the molecule is c1ccc(C2(c3ccccc3)c3ccccc3-c3ccc(N(c4ccccc4-c4ccccc4-c4ccc5c6ccccc6n(-c6cccc7c6C(c6ccccc6)(c6ccccc6)c6ccccc6-7)c5c4)c4cccc5ccccc45)cc32)cc1. The Morgan fingerprint density at radius 3 is 1.41 bits per heavy atom. The molecule has 0 aliphatic heterocycles. The van der Waals surface area contributed by atoms with E-state index in [1.807, 2.05) is 0 Å². The van der Waals surface area contributed by atoms with E-state index in [0.717, 1.165) is 44.8 Å². The van der Waals surface area contributed by atoms with Crippen molar-refractivity contribution in [1.29, 1.82) is 0 Å². The topological polar surface area (TPSA) is 8.17 Å². The third-order valence-corrected chi connectivity index (χ3v) is 18.7. The van der Waals surface area contributed by atoms with Crippen LogP contribution >= 0.6 is 0 Å². The highest BCUT2D eigenvalue weighted by Gasteiger charge is 2.49. The average molecular weight is 1090 g/mol. The van der Waals surface area contributed by atoms with Crippen LogP contribution in [0, 0.1) is 0 Å². The van der Waals surface area contributed by atoms with Crippen molar-refractivity contribution in [2.75, 3.05) is 4.90 Å². The maximum Gasteiger partial charge on any atom is 0.0734 e. The second-order valence-corrected chi connectivity index (χ2v) is 23.0. The molecule has 0 spiro atoms. The molecule has 1 aromatic heterocycles. The molecule has 0 amide bonds. The Labute approximate surface area is 501 Å². The van der Waals surface area contributed by atoms with Crippen molar-refractivity contribution in [3.05, 3.63) is 384 Å². The van der Waals surface area contributed by atoms with Gasteiger partial charge in [0.05, 0.1) is 38.9 Å². The minimum atomic E-state index is -0.597. The fourth-order valence-corrected chi connectivity index (χ4v) is 15.3. The molecule has 15 aromatic rings. The average Bonchev–Trinajstić information content (AvgIpc) is 1.63. The summed E-state index contributed by atoms with van der Waals surface area (Å²) in [6, 6.07) is 127. The molecule has 0 saturated carbocycles. The van der Waals surface area contributed by atoms with Crippen LogP contribution < -0.4 is 4.90 Å². The summed E-state index contributed by atoms with van der Waals surface area (Å²) in [6.07, 6.45) is 0. The van der Waals surface area contributed by atoms with Crippen LogP contribution in [0.25, 0.3) is 82.8 Å². The van der Waals surface area contributed by atoms with Crippen LogP contribution in [-0.2, 0) is 10.8 Å². The minimum Gasteiger partial charge on any atom is -0.309 e. The molecule has 2 heteroatoms. The summed E-state index contributed by atoms with van der Waals surface area (Å²) in [4.78, 5) is 2.53.